The summed E-state index contributed by atoms with van der Waals surface area (Å²) in [6.07, 6.45) is 2.01. The van der Waals surface area contributed by atoms with Crippen molar-refractivity contribution < 1.29 is 4.79 Å². The minimum Gasteiger partial charge on any atom is -0.352 e. The Morgan fingerprint density at radius 2 is 2.06 bits per heavy atom. The number of hydrogen-bond acceptors (Lipinski definition) is 4. The van der Waals surface area contributed by atoms with Gasteiger partial charge >= 0.3 is 0 Å². The molecule has 0 aromatic heterocycles. The summed E-state index contributed by atoms with van der Waals surface area (Å²) >= 11 is 4.04. The summed E-state index contributed by atoms with van der Waals surface area (Å²) in [5.74, 6) is 3.85. The van der Waals surface area contributed by atoms with E-state index in [2.05, 4.69) is 24.5 Å². The summed E-state index contributed by atoms with van der Waals surface area (Å²) in [7, 11) is 0. The highest BCUT2D eigenvalue weighted by atomic mass is 32.2. The molecule has 1 fully saturated rings. The monoisotopic (exact) mass is 290 g/mol. The van der Waals surface area contributed by atoms with Crippen LogP contribution in [0.25, 0.3) is 0 Å². The average Bonchev–Trinajstić information content (AvgIpc) is 2.42. The summed E-state index contributed by atoms with van der Waals surface area (Å²) < 4.78 is 0. The van der Waals surface area contributed by atoms with E-state index in [1.807, 2.05) is 30.4 Å². The molecular formula is C13H26N2OS2. The highest BCUT2D eigenvalue weighted by Crippen LogP contribution is 2.23. The second kappa shape index (κ2) is 9.10. The van der Waals surface area contributed by atoms with Gasteiger partial charge in [0.2, 0.25) is 5.91 Å². The van der Waals surface area contributed by atoms with E-state index in [9.17, 15) is 4.79 Å². The maximum absolute atomic E-state index is 12.0. The predicted molar refractivity (Wildman–Crippen MR) is 83.5 cm³/mol. The van der Waals surface area contributed by atoms with Gasteiger partial charge in [-0.05, 0) is 19.8 Å². The van der Waals surface area contributed by atoms with Gasteiger partial charge in [-0.1, -0.05) is 13.8 Å². The fourth-order valence-corrected chi connectivity index (χ4v) is 4.50. The number of carbonyl (C=O) groups is 1. The Morgan fingerprint density at radius 1 is 1.33 bits per heavy atom. The average molecular weight is 290 g/mol. The minimum absolute atomic E-state index is 0.0851. The van der Waals surface area contributed by atoms with Crippen LogP contribution in [0.2, 0.25) is 0 Å². The third-order valence-corrected chi connectivity index (χ3v) is 6.11. The van der Waals surface area contributed by atoms with Crippen LogP contribution >= 0.6 is 23.5 Å². The molecule has 1 amide bonds. The minimum atomic E-state index is -0.0851. The highest BCUT2D eigenvalue weighted by Gasteiger charge is 2.19. The Labute approximate surface area is 120 Å². The first-order valence-corrected chi connectivity index (χ1v) is 9.10. The second-order valence-corrected chi connectivity index (χ2v) is 7.28. The van der Waals surface area contributed by atoms with Crippen molar-refractivity contribution in [3.8, 4) is 0 Å². The maximum atomic E-state index is 12.0. The first-order chi connectivity index (χ1) is 8.67. The van der Waals surface area contributed by atoms with E-state index < -0.39 is 0 Å². The molecule has 2 N–H and O–H groups in total. The number of thioether (sulfide) groups is 2. The summed E-state index contributed by atoms with van der Waals surface area (Å²) in [5.41, 5.74) is 0. The molecule has 0 aromatic carbocycles. The molecule has 106 valence electrons. The van der Waals surface area contributed by atoms with Crippen molar-refractivity contribution in [3.63, 3.8) is 0 Å². The fourth-order valence-electron chi connectivity index (χ4n) is 1.87. The fraction of sp³-hybridized carbons (Fsp3) is 0.923. The molecule has 18 heavy (non-hydrogen) atoms. The molecular weight excluding hydrogens is 264 g/mol. The highest BCUT2D eigenvalue weighted by molar-refractivity contribution is 8.06. The smallest absolute Gasteiger partial charge is 0.237 e. The van der Waals surface area contributed by atoms with Crippen molar-refractivity contribution in [1.29, 1.82) is 0 Å². The molecule has 1 aliphatic heterocycles. The molecule has 0 bridgehead atoms. The van der Waals surface area contributed by atoms with Crippen LogP contribution in [0.3, 0.4) is 0 Å². The zero-order valence-corrected chi connectivity index (χ0v) is 13.3. The molecule has 0 aliphatic carbocycles. The van der Waals surface area contributed by atoms with Gasteiger partial charge in [0.1, 0.15) is 0 Å². The molecule has 2 unspecified atom stereocenters. The van der Waals surface area contributed by atoms with Crippen molar-refractivity contribution in [2.45, 2.75) is 50.9 Å². The van der Waals surface area contributed by atoms with Gasteiger partial charge in [0, 0.05) is 35.1 Å². The van der Waals surface area contributed by atoms with Crippen LogP contribution in [-0.2, 0) is 4.79 Å². The summed E-state index contributed by atoms with van der Waals surface area (Å²) in [4.78, 5) is 12.0. The van der Waals surface area contributed by atoms with Crippen LogP contribution in [0.4, 0.5) is 0 Å². The van der Waals surface area contributed by atoms with E-state index >= 15 is 0 Å². The number of hydrogen-bond donors (Lipinski definition) is 2. The molecule has 0 saturated carbocycles. The van der Waals surface area contributed by atoms with Crippen LogP contribution in [0.5, 0.6) is 0 Å². The second-order valence-electron chi connectivity index (χ2n) is 4.72. The van der Waals surface area contributed by atoms with Crippen molar-refractivity contribution in [2.24, 2.45) is 0 Å². The molecule has 5 heteroatoms. The van der Waals surface area contributed by atoms with Crippen molar-refractivity contribution in [2.75, 3.05) is 23.8 Å². The Morgan fingerprint density at radius 3 is 2.61 bits per heavy atom. The number of rotatable bonds is 7. The molecule has 3 nitrogen and oxygen atoms in total. The zero-order valence-electron chi connectivity index (χ0n) is 11.7. The summed E-state index contributed by atoms with van der Waals surface area (Å²) in [6, 6.07) is 0.236. The normalized spacial score (nSPS) is 21.9. The standard InChI is InChI=1S/C13H26N2OS2/c1-4-11(5-2)15-13(16)10(3)14-8-12-9-17-6-7-18-12/h10-12,14H,4-9H2,1-3H3,(H,15,16). The van der Waals surface area contributed by atoms with Gasteiger partial charge in [-0.3, -0.25) is 4.79 Å². The van der Waals surface area contributed by atoms with Crippen LogP contribution in [-0.4, -0.2) is 47.0 Å². The molecule has 0 spiro atoms. The van der Waals surface area contributed by atoms with Gasteiger partial charge in [0.25, 0.3) is 0 Å². The molecule has 1 heterocycles. The van der Waals surface area contributed by atoms with E-state index in [0.29, 0.717) is 11.3 Å². The number of nitrogens with one attached hydrogen (secondary N) is 2. The summed E-state index contributed by atoms with van der Waals surface area (Å²) in [6.45, 7) is 7.12. The topological polar surface area (TPSA) is 41.1 Å². The van der Waals surface area contributed by atoms with Gasteiger partial charge in [-0.25, -0.2) is 0 Å². The lowest BCUT2D eigenvalue weighted by Gasteiger charge is -2.24. The molecule has 1 aliphatic rings. The molecule has 0 aromatic rings. The van der Waals surface area contributed by atoms with Gasteiger partial charge in [0.05, 0.1) is 6.04 Å². The quantitative estimate of drug-likeness (QED) is 0.753. The lowest BCUT2D eigenvalue weighted by Crippen LogP contribution is -2.47. The van der Waals surface area contributed by atoms with Gasteiger partial charge in [-0.2, -0.15) is 23.5 Å². The first kappa shape index (κ1) is 16.2. The molecule has 2 atom stereocenters. The Kier molecular flexibility index (Phi) is 8.18. The van der Waals surface area contributed by atoms with Crippen molar-refractivity contribution >= 4 is 29.4 Å². The van der Waals surface area contributed by atoms with Gasteiger partial charge in [-0.15, -0.1) is 0 Å². The lowest BCUT2D eigenvalue weighted by molar-refractivity contribution is -0.123. The third-order valence-electron chi connectivity index (χ3n) is 3.26. The van der Waals surface area contributed by atoms with E-state index in [1.165, 1.54) is 17.3 Å². The zero-order chi connectivity index (χ0) is 13.4. The Hall–Kier alpha value is 0.130. The van der Waals surface area contributed by atoms with Gasteiger partial charge in [0.15, 0.2) is 0 Å². The van der Waals surface area contributed by atoms with Crippen LogP contribution < -0.4 is 10.6 Å². The van der Waals surface area contributed by atoms with Crippen molar-refractivity contribution in [3.05, 3.63) is 0 Å². The van der Waals surface area contributed by atoms with E-state index in [-0.39, 0.29) is 11.9 Å². The third kappa shape index (κ3) is 5.85. The maximum Gasteiger partial charge on any atom is 0.237 e. The molecule has 0 radical (unpaired) electrons. The van der Waals surface area contributed by atoms with Crippen LogP contribution in [0.1, 0.15) is 33.6 Å². The Balaban J connectivity index is 2.22. The summed E-state index contributed by atoms with van der Waals surface area (Å²) in [5, 5.41) is 7.11. The molecule has 1 saturated heterocycles. The van der Waals surface area contributed by atoms with E-state index in [0.717, 1.165) is 19.4 Å². The van der Waals surface area contributed by atoms with Gasteiger partial charge < -0.3 is 10.6 Å². The number of carbonyl (C=O) groups excluding carboxylic acids is 1. The van der Waals surface area contributed by atoms with Crippen molar-refractivity contribution in [1.82, 2.24) is 10.6 Å². The largest absolute Gasteiger partial charge is 0.352 e. The van der Waals surface area contributed by atoms with E-state index in [4.69, 9.17) is 0 Å². The van der Waals surface area contributed by atoms with Crippen LogP contribution in [0, 0.1) is 0 Å². The SMILES string of the molecule is CCC(CC)NC(=O)C(C)NCC1CSCCS1. The van der Waals surface area contributed by atoms with E-state index in [1.54, 1.807) is 0 Å². The lowest BCUT2D eigenvalue weighted by atomic mass is 10.1. The van der Waals surface area contributed by atoms with Crippen LogP contribution in [0.15, 0.2) is 0 Å². The Bertz CT molecular complexity index is 241. The predicted octanol–water partition coefficient (Wildman–Crippen LogP) is 2.12. The number of amides is 1. The molecule has 1 rings (SSSR count). The first-order valence-electron chi connectivity index (χ1n) is 6.90.